The summed E-state index contributed by atoms with van der Waals surface area (Å²) in [5, 5.41) is -0.117. The molecule has 0 aliphatic rings. The summed E-state index contributed by atoms with van der Waals surface area (Å²) in [6.45, 7) is 0. The van der Waals surface area contributed by atoms with Crippen LogP contribution in [0.1, 0.15) is 0 Å². The average molecular weight is 368 g/mol. The van der Waals surface area contributed by atoms with Gasteiger partial charge in [0.15, 0.2) is 0 Å². The number of hydrogen-bond acceptors (Lipinski definition) is 3. The van der Waals surface area contributed by atoms with Crippen LogP contribution in [-0.2, 0) is 10.0 Å². The molecule has 0 fully saturated rings. The minimum absolute atomic E-state index is 0.117. The Labute approximate surface area is 134 Å². The van der Waals surface area contributed by atoms with E-state index < -0.39 is 15.5 Å². The number of anilines is 1. The lowest BCUT2D eigenvalue weighted by molar-refractivity contribution is -0.0429. The third-order valence-corrected chi connectivity index (χ3v) is 4.88. The minimum atomic E-state index is -5.49. The number of halogens is 4. The van der Waals surface area contributed by atoms with Gasteiger partial charge in [-0.25, -0.2) is 0 Å². The van der Waals surface area contributed by atoms with Crippen LogP contribution in [0, 0.1) is 0 Å². The number of sulfonamides is 1. The summed E-state index contributed by atoms with van der Waals surface area (Å²) in [6.07, 6.45) is 0. The Bertz CT molecular complexity index is 765. The van der Waals surface area contributed by atoms with Gasteiger partial charge in [-0.3, -0.25) is 4.72 Å². The van der Waals surface area contributed by atoms with E-state index in [2.05, 4.69) is 0 Å². The molecule has 0 radical (unpaired) electrons. The highest BCUT2D eigenvalue weighted by Gasteiger charge is 2.46. The summed E-state index contributed by atoms with van der Waals surface area (Å²) in [5.74, 6) is 0. The predicted molar refractivity (Wildman–Crippen MR) is 80.6 cm³/mol. The van der Waals surface area contributed by atoms with Gasteiger partial charge in [-0.15, -0.1) is 0 Å². The second kappa shape index (κ2) is 6.39. The van der Waals surface area contributed by atoms with Crippen molar-refractivity contribution in [2.24, 2.45) is 0 Å². The van der Waals surface area contributed by atoms with E-state index in [1.807, 2.05) is 30.3 Å². The summed E-state index contributed by atoms with van der Waals surface area (Å²) in [7, 11) is -5.49. The number of rotatable bonds is 4. The van der Waals surface area contributed by atoms with Crippen LogP contribution in [0.4, 0.5) is 18.9 Å². The van der Waals surface area contributed by atoms with Crippen LogP contribution in [0.2, 0.25) is 5.02 Å². The van der Waals surface area contributed by atoms with Crippen molar-refractivity contribution in [1.29, 1.82) is 0 Å². The van der Waals surface area contributed by atoms with Crippen molar-refractivity contribution < 1.29 is 21.6 Å². The molecule has 0 aromatic heterocycles. The standard InChI is InChI=1S/C13H9ClF3NO2S2/c14-11-8-10(21-9-4-2-1-3-5-9)6-7-12(11)18-22(19,20)13(15,16)17/h1-8,18H. The lowest BCUT2D eigenvalue weighted by atomic mass is 10.3. The van der Waals surface area contributed by atoms with Gasteiger partial charge in [0, 0.05) is 9.79 Å². The Balaban J connectivity index is 2.20. The van der Waals surface area contributed by atoms with E-state index in [1.165, 1.54) is 34.7 Å². The SMILES string of the molecule is O=S(=O)(Nc1ccc(Sc2ccccc2)cc1Cl)C(F)(F)F. The molecule has 22 heavy (non-hydrogen) atoms. The smallest absolute Gasteiger partial charge is 0.274 e. The first-order chi connectivity index (χ1) is 10.2. The van der Waals surface area contributed by atoms with E-state index in [4.69, 9.17) is 11.6 Å². The number of benzene rings is 2. The van der Waals surface area contributed by atoms with Crippen LogP contribution in [0.25, 0.3) is 0 Å². The molecule has 3 nitrogen and oxygen atoms in total. The van der Waals surface area contributed by atoms with Gasteiger partial charge < -0.3 is 0 Å². The number of alkyl halides is 3. The Morgan fingerprint density at radius 1 is 1.00 bits per heavy atom. The summed E-state index contributed by atoms with van der Waals surface area (Å²) in [6, 6.07) is 13.3. The van der Waals surface area contributed by atoms with E-state index in [9.17, 15) is 21.6 Å². The van der Waals surface area contributed by atoms with Crippen molar-refractivity contribution in [3.05, 3.63) is 53.6 Å². The fourth-order valence-electron chi connectivity index (χ4n) is 1.47. The monoisotopic (exact) mass is 367 g/mol. The topological polar surface area (TPSA) is 46.2 Å². The fraction of sp³-hybridized carbons (Fsp3) is 0.0769. The highest BCUT2D eigenvalue weighted by molar-refractivity contribution is 7.99. The Morgan fingerprint density at radius 3 is 2.18 bits per heavy atom. The largest absolute Gasteiger partial charge is 0.516 e. The van der Waals surface area contributed by atoms with Gasteiger partial charge in [0.1, 0.15) is 0 Å². The van der Waals surface area contributed by atoms with Gasteiger partial charge in [-0.1, -0.05) is 41.6 Å². The molecule has 0 saturated carbocycles. The normalized spacial score (nSPS) is 12.2. The molecule has 0 atom stereocenters. The zero-order valence-corrected chi connectivity index (χ0v) is 13.2. The quantitative estimate of drug-likeness (QED) is 0.848. The molecular formula is C13H9ClF3NO2S2. The van der Waals surface area contributed by atoms with Gasteiger partial charge in [-0.05, 0) is 30.3 Å². The Morgan fingerprint density at radius 2 is 1.64 bits per heavy atom. The average Bonchev–Trinajstić information content (AvgIpc) is 2.42. The summed E-state index contributed by atoms with van der Waals surface area (Å²) >= 11 is 7.19. The summed E-state index contributed by atoms with van der Waals surface area (Å²) in [5.41, 5.74) is -5.72. The maximum absolute atomic E-state index is 12.3. The molecule has 0 aliphatic heterocycles. The molecule has 0 amide bonds. The van der Waals surface area contributed by atoms with Gasteiger partial charge in [0.25, 0.3) is 0 Å². The molecule has 2 aromatic rings. The molecule has 0 spiro atoms. The fourth-order valence-corrected chi connectivity index (χ4v) is 3.28. The van der Waals surface area contributed by atoms with Crippen LogP contribution in [0.3, 0.4) is 0 Å². The van der Waals surface area contributed by atoms with Crippen LogP contribution >= 0.6 is 23.4 Å². The molecule has 0 aliphatic carbocycles. The van der Waals surface area contributed by atoms with Gasteiger partial charge in [0.05, 0.1) is 10.7 Å². The summed E-state index contributed by atoms with van der Waals surface area (Å²) in [4.78, 5) is 1.59. The van der Waals surface area contributed by atoms with Crippen molar-refractivity contribution in [3.8, 4) is 0 Å². The van der Waals surface area contributed by atoms with Crippen molar-refractivity contribution in [3.63, 3.8) is 0 Å². The van der Waals surface area contributed by atoms with Crippen molar-refractivity contribution in [2.75, 3.05) is 4.72 Å². The third-order valence-electron chi connectivity index (χ3n) is 2.47. The van der Waals surface area contributed by atoms with Crippen LogP contribution in [0.5, 0.6) is 0 Å². The highest BCUT2D eigenvalue weighted by Crippen LogP contribution is 2.34. The van der Waals surface area contributed by atoms with Crippen LogP contribution in [0.15, 0.2) is 58.3 Å². The molecule has 2 rings (SSSR count). The van der Waals surface area contributed by atoms with Gasteiger partial charge >= 0.3 is 15.5 Å². The van der Waals surface area contributed by atoms with Crippen molar-refractivity contribution in [1.82, 2.24) is 0 Å². The van der Waals surface area contributed by atoms with E-state index >= 15 is 0 Å². The van der Waals surface area contributed by atoms with E-state index in [0.717, 1.165) is 4.90 Å². The first-order valence-electron chi connectivity index (χ1n) is 5.80. The first kappa shape index (κ1) is 17.0. The lowest BCUT2D eigenvalue weighted by Crippen LogP contribution is -2.30. The van der Waals surface area contributed by atoms with Crippen molar-refractivity contribution >= 4 is 39.1 Å². The lowest BCUT2D eigenvalue weighted by Gasteiger charge is -2.12. The summed E-state index contributed by atoms with van der Waals surface area (Å²) < 4.78 is 60.5. The van der Waals surface area contributed by atoms with Crippen molar-refractivity contribution in [2.45, 2.75) is 15.3 Å². The maximum atomic E-state index is 12.3. The second-order valence-electron chi connectivity index (χ2n) is 4.11. The highest BCUT2D eigenvalue weighted by atomic mass is 35.5. The van der Waals surface area contributed by atoms with Crippen LogP contribution in [-0.4, -0.2) is 13.9 Å². The molecule has 0 heterocycles. The molecule has 9 heteroatoms. The molecule has 118 valence electrons. The number of hydrogen-bond donors (Lipinski definition) is 1. The van der Waals surface area contributed by atoms with E-state index in [-0.39, 0.29) is 10.7 Å². The third kappa shape index (κ3) is 4.08. The second-order valence-corrected chi connectivity index (χ2v) is 7.34. The Kier molecular flexibility index (Phi) is 4.93. The Hall–Kier alpha value is -1.38. The molecular weight excluding hydrogens is 359 g/mol. The maximum Gasteiger partial charge on any atom is 0.516 e. The van der Waals surface area contributed by atoms with E-state index in [0.29, 0.717) is 4.90 Å². The van der Waals surface area contributed by atoms with Crippen LogP contribution < -0.4 is 4.72 Å². The molecule has 0 bridgehead atoms. The molecule has 0 saturated heterocycles. The molecule has 2 aromatic carbocycles. The molecule has 0 unspecified atom stereocenters. The van der Waals surface area contributed by atoms with Gasteiger partial charge in [0.2, 0.25) is 0 Å². The zero-order valence-electron chi connectivity index (χ0n) is 10.8. The predicted octanol–water partition coefficient (Wildman–Crippen LogP) is 4.75. The first-order valence-corrected chi connectivity index (χ1v) is 8.48. The minimum Gasteiger partial charge on any atom is -0.274 e. The zero-order chi connectivity index (χ0) is 16.4. The van der Waals surface area contributed by atoms with E-state index in [1.54, 1.807) is 0 Å². The van der Waals surface area contributed by atoms with Gasteiger partial charge in [-0.2, -0.15) is 21.6 Å². The number of nitrogens with one attached hydrogen (secondary N) is 1. The molecule has 1 N–H and O–H groups in total.